The summed E-state index contributed by atoms with van der Waals surface area (Å²) in [5, 5.41) is 9.38. The molecule has 3 aromatic rings. The number of benzene rings is 1. The first-order chi connectivity index (χ1) is 9.97. The molecule has 0 aliphatic rings. The van der Waals surface area contributed by atoms with Gasteiger partial charge in [0.15, 0.2) is 0 Å². The van der Waals surface area contributed by atoms with E-state index < -0.39 is 0 Å². The quantitative estimate of drug-likeness (QED) is 0.713. The van der Waals surface area contributed by atoms with Crippen LogP contribution in [0, 0.1) is 13.8 Å². The van der Waals surface area contributed by atoms with Gasteiger partial charge in [0, 0.05) is 23.3 Å². The van der Waals surface area contributed by atoms with Gasteiger partial charge in [0.25, 0.3) is 5.89 Å². The zero-order valence-electron chi connectivity index (χ0n) is 11.7. The summed E-state index contributed by atoms with van der Waals surface area (Å²) >= 11 is 12.1. The predicted octanol–water partition coefficient (Wildman–Crippen LogP) is 4.06. The molecule has 2 aromatic heterocycles. The van der Waals surface area contributed by atoms with E-state index in [2.05, 4.69) is 15.2 Å². The molecular formula is C14H12Cl2N4O. The average Bonchev–Trinajstić information content (AvgIpc) is 2.96. The van der Waals surface area contributed by atoms with Crippen molar-refractivity contribution in [2.24, 2.45) is 7.05 Å². The van der Waals surface area contributed by atoms with Crippen LogP contribution in [0.4, 0.5) is 0 Å². The smallest absolute Gasteiger partial charge is 0.261 e. The molecule has 0 radical (unpaired) electrons. The Labute approximate surface area is 131 Å². The Bertz CT molecular complexity index is 822. The maximum Gasteiger partial charge on any atom is 0.261 e. The van der Waals surface area contributed by atoms with Gasteiger partial charge in [-0.25, -0.2) is 0 Å². The van der Waals surface area contributed by atoms with E-state index in [1.807, 2.05) is 20.9 Å². The molecule has 5 nitrogen and oxygen atoms in total. The van der Waals surface area contributed by atoms with Gasteiger partial charge in [-0.2, -0.15) is 10.1 Å². The van der Waals surface area contributed by atoms with Gasteiger partial charge in [-0.1, -0.05) is 28.4 Å². The molecule has 0 unspecified atom stereocenters. The highest BCUT2D eigenvalue weighted by Crippen LogP contribution is 2.31. The van der Waals surface area contributed by atoms with Crippen molar-refractivity contribution in [3.8, 4) is 22.8 Å². The molecule has 7 heteroatoms. The summed E-state index contributed by atoms with van der Waals surface area (Å²) in [5.74, 6) is 0.855. The van der Waals surface area contributed by atoms with Crippen LogP contribution in [0.5, 0.6) is 0 Å². The van der Waals surface area contributed by atoms with E-state index in [9.17, 15) is 0 Å². The lowest BCUT2D eigenvalue weighted by Gasteiger charge is -1.98. The van der Waals surface area contributed by atoms with Gasteiger partial charge in [-0.15, -0.1) is 0 Å². The van der Waals surface area contributed by atoms with Crippen LogP contribution in [0.25, 0.3) is 22.8 Å². The number of hydrogen-bond acceptors (Lipinski definition) is 4. The Morgan fingerprint density at radius 3 is 2.57 bits per heavy atom. The van der Waals surface area contributed by atoms with Gasteiger partial charge < -0.3 is 4.52 Å². The van der Waals surface area contributed by atoms with Crippen molar-refractivity contribution < 1.29 is 4.52 Å². The summed E-state index contributed by atoms with van der Waals surface area (Å²) in [6.07, 6.45) is 0. The summed E-state index contributed by atoms with van der Waals surface area (Å²) in [6, 6.07) is 5.15. The summed E-state index contributed by atoms with van der Waals surface area (Å²) in [5.41, 5.74) is 3.33. The number of halogens is 2. The number of rotatable bonds is 2. The van der Waals surface area contributed by atoms with Gasteiger partial charge in [-0.3, -0.25) is 4.68 Å². The van der Waals surface area contributed by atoms with E-state index in [0.29, 0.717) is 27.3 Å². The minimum Gasteiger partial charge on any atom is -0.333 e. The Balaban J connectivity index is 2.08. The molecule has 0 spiro atoms. The second-order valence-corrected chi connectivity index (χ2v) is 5.56. The highest BCUT2D eigenvalue weighted by Gasteiger charge is 2.19. The van der Waals surface area contributed by atoms with Crippen molar-refractivity contribution in [2.75, 3.05) is 0 Å². The van der Waals surface area contributed by atoms with Gasteiger partial charge in [-0.05, 0) is 32.0 Å². The predicted molar refractivity (Wildman–Crippen MR) is 81.4 cm³/mol. The zero-order valence-corrected chi connectivity index (χ0v) is 13.2. The third kappa shape index (κ3) is 2.43. The minimum atomic E-state index is 0.425. The molecule has 0 atom stereocenters. The van der Waals surface area contributed by atoms with E-state index in [0.717, 1.165) is 17.0 Å². The lowest BCUT2D eigenvalue weighted by atomic mass is 10.2. The van der Waals surface area contributed by atoms with Gasteiger partial charge in [0.1, 0.15) is 0 Å². The molecule has 0 amide bonds. The van der Waals surface area contributed by atoms with Crippen molar-refractivity contribution >= 4 is 23.2 Å². The average molecular weight is 323 g/mol. The van der Waals surface area contributed by atoms with Crippen molar-refractivity contribution in [1.29, 1.82) is 0 Å². The maximum atomic E-state index is 6.16. The number of aryl methyl sites for hydroxylation is 2. The molecule has 0 aliphatic carbocycles. The molecule has 0 bridgehead atoms. The van der Waals surface area contributed by atoms with Crippen LogP contribution in [0.3, 0.4) is 0 Å². The number of nitrogens with zero attached hydrogens (tertiary/aromatic N) is 4. The van der Waals surface area contributed by atoms with Crippen LogP contribution < -0.4 is 0 Å². The van der Waals surface area contributed by atoms with Crippen LogP contribution in [-0.2, 0) is 7.05 Å². The molecule has 0 saturated carbocycles. The Hall–Kier alpha value is -1.85. The monoisotopic (exact) mass is 322 g/mol. The Morgan fingerprint density at radius 2 is 1.95 bits per heavy atom. The van der Waals surface area contributed by atoms with E-state index in [4.69, 9.17) is 27.7 Å². The highest BCUT2D eigenvalue weighted by atomic mass is 35.5. The van der Waals surface area contributed by atoms with Crippen LogP contribution in [0.1, 0.15) is 11.4 Å². The van der Waals surface area contributed by atoms with E-state index >= 15 is 0 Å². The fourth-order valence-corrected chi connectivity index (χ4v) is 2.68. The topological polar surface area (TPSA) is 56.7 Å². The van der Waals surface area contributed by atoms with Crippen LogP contribution in [-0.4, -0.2) is 19.9 Å². The molecular weight excluding hydrogens is 311 g/mol. The van der Waals surface area contributed by atoms with E-state index in [1.54, 1.807) is 22.9 Å². The summed E-state index contributed by atoms with van der Waals surface area (Å²) in [7, 11) is 1.87. The van der Waals surface area contributed by atoms with Crippen molar-refractivity contribution in [3.63, 3.8) is 0 Å². The van der Waals surface area contributed by atoms with Crippen LogP contribution in [0.15, 0.2) is 22.7 Å². The number of aromatic nitrogens is 4. The Kier molecular flexibility index (Phi) is 3.47. The van der Waals surface area contributed by atoms with E-state index in [1.165, 1.54) is 0 Å². The summed E-state index contributed by atoms with van der Waals surface area (Å²) in [6.45, 7) is 3.86. The standard InChI is InChI=1S/C14H12Cl2N4O/c1-7-12(8(2)20(3)18-7)14-17-13(19-21-14)10-5-4-9(15)6-11(10)16/h4-6H,1-3H3. The highest BCUT2D eigenvalue weighted by molar-refractivity contribution is 6.36. The second-order valence-electron chi connectivity index (χ2n) is 4.72. The largest absolute Gasteiger partial charge is 0.333 e. The lowest BCUT2D eigenvalue weighted by molar-refractivity contribution is 0.432. The van der Waals surface area contributed by atoms with Crippen molar-refractivity contribution in [1.82, 2.24) is 19.9 Å². The molecule has 3 rings (SSSR count). The van der Waals surface area contributed by atoms with Crippen molar-refractivity contribution in [2.45, 2.75) is 13.8 Å². The first-order valence-corrected chi connectivity index (χ1v) is 7.02. The van der Waals surface area contributed by atoms with Crippen LogP contribution >= 0.6 is 23.2 Å². The molecule has 21 heavy (non-hydrogen) atoms. The SMILES string of the molecule is Cc1nn(C)c(C)c1-c1nc(-c2ccc(Cl)cc2Cl)no1. The third-order valence-electron chi connectivity index (χ3n) is 3.32. The summed E-state index contributed by atoms with van der Waals surface area (Å²) < 4.78 is 7.14. The lowest BCUT2D eigenvalue weighted by Crippen LogP contribution is -1.92. The normalized spacial score (nSPS) is 11.1. The molecule has 2 heterocycles. The van der Waals surface area contributed by atoms with Crippen LogP contribution in [0.2, 0.25) is 10.0 Å². The molecule has 0 fully saturated rings. The fourth-order valence-electron chi connectivity index (χ4n) is 2.19. The second kappa shape index (κ2) is 5.16. The molecule has 1 aromatic carbocycles. The van der Waals surface area contributed by atoms with Gasteiger partial charge >= 0.3 is 0 Å². The zero-order chi connectivity index (χ0) is 15.1. The number of hydrogen-bond donors (Lipinski definition) is 0. The van der Waals surface area contributed by atoms with Gasteiger partial charge in [0.05, 0.1) is 16.3 Å². The molecule has 108 valence electrons. The Morgan fingerprint density at radius 1 is 1.19 bits per heavy atom. The minimum absolute atomic E-state index is 0.425. The van der Waals surface area contributed by atoms with E-state index in [-0.39, 0.29) is 0 Å². The third-order valence-corrected chi connectivity index (χ3v) is 3.87. The summed E-state index contributed by atoms with van der Waals surface area (Å²) in [4.78, 5) is 4.42. The van der Waals surface area contributed by atoms with Crippen molar-refractivity contribution in [3.05, 3.63) is 39.6 Å². The first-order valence-electron chi connectivity index (χ1n) is 6.27. The molecule has 0 N–H and O–H groups in total. The fraction of sp³-hybridized carbons (Fsp3) is 0.214. The first kappa shape index (κ1) is 14.1. The molecule has 0 saturated heterocycles. The van der Waals surface area contributed by atoms with Gasteiger partial charge in [0.2, 0.25) is 5.82 Å². The maximum absolute atomic E-state index is 6.16. The molecule has 0 aliphatic heterocycles.